The van der Waals surface area contributed by atoms with Crippen LogP contribution in [0.2, 0.25) is 0 Å². The number of aromatic amines is 2. The van der Waals surface area contributed by atoms with Crippen LogP contribution in [0.25, 0.3) is 22.2 Å². The van der Waals surface area contributed by atoms with Crippen LogP contribution >= 0.6 is 0 Å². The SMILES string of the molecule is CC(C)(C)[C@H](NC(=O)c1cc2ccccc2[nH]1)C(=O)N1C[C@@H]2C[C@H]1CN2C(=O)c1ccc(-c2ccccc2)[nH]1. The van der Waals surface area contributed by atoms with Crippen LogP contribution < -0.4 is 5.32 Å². The molecule has 2 saturated heterocycles. The highest BCUT2D eigenvalue weighted by Gasteiger charge is 2.50. The van der Waals surface area contributed by atoms with Gasteiger partial charge in [-0.15, -0.1) is 0 Å². The van der Waals surface area contributed by atoms with Crippen LogP contribution in [0.1, 0.15) is 48.2 Å². The van der Waals surface area contributed by atoms with Crippen molar-refractivity contribution < 1.29 is 14.4 Å². The van der Waals surface area contributed by atoms with E-state index in [-0.39, 0.29) is 29.8 Å². The number of carbonyl (C=O) groups excluding carboxylic acids is 3. The molecule has 0 radical (unpaired) electrons. The molecule has 2 fully saturated rings. The number of hydrogen-bond donors (Lipinski definition) is 3. The Morgan fingerprint density at radius 1 is 0.846 bits per heavy atom. The van der Waals surface area contributed by atoms with E-state index >= 15 is 0 Å². The topological polar surface area (TPSA) is 101 Å². The van der Waals surface area contributed by atoms with Gasteiger partial charge in [-0.25, -0.2) is 0 Å². The molecule has 4 heterocycles. The Bertz CT molecular complexity index is 1510. The minimum absolute atomic E-state index is 0.0417. The van der Waals surface area contributed by atoms with Gasteiger partial charge in [0.15, 0.2) is 0 Å². The first-order valence-corrected chi connectivity index (χ1v) is 13.4. The molecule has 8 nitrogen and oxygen atoms in total. The van der Waals surface area contributed by atoms with Crippen LogP contribution in [0.15, 0.2) is 72.8 Å². The Balaban J connectivity index is 1.14. The molecule has 2 aromatic heterocycles. The van der Waals surface area contributed by atoms with Gasteiger partial charge in [0.25, 0.3) is 11.8 Å². The Kier molecular flexibility index (Phi) is 6.05. The Morgan fingerprint density at radius 2 is 1.54 bits per heavy atom. The molecule has 3 N–H and O–H groups in total. The van der Waals surface area contributed by atoms with Crippen LogP contribution in [0.5, 0.6) is 0 Å². The van der Waals surface area contributed by atoms with Crippen LogP contribution in [-0.2, 0) is 4.79 Å². The maximum absolute atomic E-state index is 13.8. The van der Waals surface area contributed by atoms with E-state index in [1.807, 2.05) is 97.3 Å². The highest BCUT2D eigenvalue weighted by Crippen LogP contribution is 2.34. The zero-order valence-corrected chi connectivity index (χ0v) is 22.4. The van der Waals surface area contributed by atoms with Crippen LogP contribution in [0, 0.1) is 5.41 Å². The number of H-pyrrole nitrogens is 2. The van der Waals surface area contributed by atoms with Gasteiger partial charge >= 0.3 is 0 Å². The lowest BCUT2D eigenvalue weighted by molar-refractivity contribution is -0.138. The largest absolute Gasteiger partial charge is 0.351 e. The Labute approximate surface area is 227 Å². The fraction of sp³-hybridized carbons (Fsp3) is 0.323. The number of amides is 3. The average Bonchev–Trinajstić information content (AvgIpc) is 3.73. The molecule has 8 heteroatoms. The first kappa shape index (κ1) is 25.0. The summed E-state index contributed by atoms with van der Waals surface area (Å²) in [6.45, 7) is 6.83. The number of rotatable bonds is 5. The summed E-state index contributed by atoms with van der Waals surface area (Å²) in [5, 5.41) is 3.95. The van der Waals surface area contributed by atoms with Crippen LogP contribution in [0.4, 0.5) is 0 Å². The number of carbonyl (C=O) groups is 3. The summed E-state index contributed by atoms with van der Waals surface area (Å²) in [5.74, 6) is -0.448. The van der Waals surface area contributed by atoms with Crippen molar-refractivity contribution in [2.24, 2.45) is 5.41 Å². The number of benzene rings is 2. The molecule has 0 unspecified atom stereocenters. The monoisotopic (exact) mass is 523 g/mol. The third kappa shape index (κ3) is 4.60. The summed E-state index contributed by atoms with van der Waals surface area (Å²) in [6, 6.07) is 22.4. The zero-order chi connectivity index (χ0) is 27.3. The van der Waals surface area contributed by atoms with Gasteiger partial charge < -0.3 is 25.1 Å². The molecule has 2 aromatic carbocycles. The molecule has 2 aliphatic heterocycles. The summed E-state index contributed by atoms with van der Waals surface area (Å²) in [7, 11) is 0. The maximum Gasteiger partial charge on any atom is 0.270 e. The van der Waals surface area contributed by atoms with Crippen molar-refractivity contribution in [3.05, 3.63) is 84.2 Å². The number of likely N-dealkylation sites (tertiary alicyclic amines) is 2. The predicted molar refractivity (Wildman–Crippen MR) is 150 cm³/mol. The molecule has 6 rings (SSSR count). The molecule has 2 bridgehead atoms. The summed E-state index contributed by atoms with van der Waals surface area (Å²) in [6.07, 6.45) is 0.747. The number of aromatic nitrogens is 2. The molecule has 0 aliphatic carbocycles. The van der Waals surface area contributed by atoms with E-state index in [4.69, 9.17) is 0 Å². The van der Waals surface area contributed by atoms with E-state index in [2.05, 4.69) is 15.3 Å². The number of hydrogen-bond acceptors (Lipinski definition) is 3. The first-order chi connectivity index (χ1) is 18.7. The molecule has 200 valence electrons. The minimum Gasteiger partial charge on any atom is -0.351 e. The molecule has 2 aliphatic rings. The summed E-state index contributed by atoms with van der Waals surface area (Å²) in [4.78, 5) is 50.5. The quantitative estimate of drug-likeness (QED) is 0.361. The second-order valence-electron chi connectivity index (χ2n) is 11.7. The molecule has 3 amide bonds. The molecular weight excluding hydrogens is 490 g/mol. The van der Waals surface area contributed by atoms with Crippen LogP contribution in [0.3, 0.4) is 0 Å². The van der Waals surface area contributed by atoms with Gasteiger partial charge in [-0.05, 0) is 41.7 Å². The Morgan fingerprint density at radius 3 is 2.23 bits per heavy atom. The maximum atomic E-state index is 13.8. The molecule has 0 saturated carbocycles. The molecule has 39 heavy (non-hydrogen) atoms. The highest BCUT2D eigenvalue weighted by atomic mass is 16.2. The smallest absolute Gasteiger partial charge is 0.270 e. The second-order valence-corrected chi connectivity index (χ2v) is 11.7. The normalized spacial score (nSPS) is 19.5. The van der Waals surface area contributed by atoms with Crippen molar-refractivity contribution in [1.29, 1.82) is 0 Å². The van der Waals surface area contributed by atoms with Crippen molar-refractivity contribution >= 4 is 28.6 Å². The fourth-order valence-corrected chi connectivity index (χ4v) is 5.87. The molecular formula is C31H33N5O3. The average molecular weight is 524 g/mol. The van der Waals surface area contributed by atoms with Crippen molar-refractivity contribution in [1.82, 2.24) is 25.1 Å². The number of nitrogens with zero attached hydrogens (tertiary/aromatic N) is 2. The molecule has 0 spiro atoms. The van der Waals surface area contributed by atoms with Gasteiger partial charge in [0, 0.05) is 29.7 Å². The zero-order valence-electron chi connectivity index (χ0n) is 22.4. The molecule has 4 aromatic rings. The van der Waals surface area contributed by atoms with E-state index in [0.29, 0.717) is 24.5 Å². The van der Waals surface area contributed by atoms with E-state index in [1.165, 1.54) is 0 Å². The van der Waals surface area contributed by atoms with Crippen LogP contribution in [-0.4, -0.2) is 68.7 Å². The summed E-state index contributed by atoms with van der Waals surface area (Å²) >= 11 is 0. The van der Waals surface area contributed by atoms with Crippen molar-refractivity contribution in [2.75, 3.05) is 13.1 Å². The summed E-state index contributed by atoms with van der Waals surface area (Å²) < 4.78 is 0. The number of para-hydroxylation sites is 1. The van der Waals surface area contributed by atoms with E-state index < -0.39 is 11.5 Å². The first-order valence-electron chi connectivity index (χ1n) is 13.4. The van der Waals surface area contributed by atoms with Gasteiger partial charge in [0.2, 0.25) is 5.91 Å². The summed E-state index contributed by atoms with van der Waals surface area (Å²) in [5.41, 5.74) is 3.30. The van der Waals surface area contributed by atoms with Crippen molar-refractivity contribution in [3.8, 4) is 11.3 Å². The van der Waals surface area contributed by atoms with Crippen molar-refractivity contribution in [3.63, 3.8) is 0 Å². The van der Waals surface area contributed by atoms with Gasteiger partial charge in [0.05, 0.1) is 12.1 Å². The standard InChI is InChI=1S/C31H33N5O3/c1-31(2,3)27(34-28(37)26-15-20-11-7-8-12-23(20)33-26)30(39)36-18-21-16-22(36)17-35(21)29(38)25-14-13-24(32-25)19-9-5-4-6-10-19/h4-15,21-22,27,32-33H,16-18H2,1-3H3,(H,34,37)/t21-,22-,27+/m0/s1. The number of nitrogens with one attached hydrogen (secondary N) is 3. The number of fused-ring (bicyclic) bond motifs is 3. The van der Waals surface area contributed by atoms with E-state index in [0.717, 1.165) is 28.6 Å². The lowest BCUT2D eigenvalue weighted by Crippen LogP contribution is -2.59. The third-order valence-corrected chi connectivity index (χ3v) is 7.95. The lowest BCUT2D eigenvalue weighted by Gasteiger charge is -2.39. The highest BCUT2D eigenvalue weighted by molar-refractivity contribution is 6.00. The van der Waals surface area contributed by atoms with Gasteiger partial charge in [-0.1, -0.05) is 69.3 Å². The third-order valence-electron chi connectivity index (χ3n) is 7.95. The second kappa shape index (κ2) is 9.45. The number of piperazine rings is 1. The lowest BCUT2D eigenvalue weighted by atomic mass is 9.85. The van der Waals surface area contributed by atoms with Gasteiger partial charge in [0.1, 0.15) is 17.4 Å². The van der Waals surface area contributed by atoms with E-state index in [9.17, 15) is 14.4 Å². The van der Waals surface area contributed by atoms with E-state index in [1.54, 1.807) is 6.07 Å². The fourth-order valence-electron chi connectivity index (χ4n) is 5.87. The Hall–Kier alpha value is -4.33. The van der Waals surface area contributed by atoms with Gasteiger partial charge in [-0.2, -0.15) is 0 Å². The van der Waals surface area contributed by atoms with Crippen molar-refractivity contribution in [2.45, 2.75) is 45.3 Å². The minimum atomic E-state index is -0.697. The van der Waals surface area contributed by atoms with Gasteiger partial charge in [-0.3, -0.25) is 14.4 Å². The predicted octanol–water partition coefficient (Wildman–Crippen LogP) is 4.43. The molecule has 3 atom stereocenters.